The molecule has 5 nitrogen and oxygen atoms in total. The van der Waals surface area contributed by atoms with Crippen LogP contribution in [0.4, 0.5) is 5.69 Å². The molecule has 1 fully saturated rings. The Morgan fingerprint density at radius 2 is 1.97 bits per heavy atom. The molecule has 2 rings (SSSR count). The molecule has 0 spiro atoms. The number of hydrogen-bond donors (Lipinski definition) is 1. The molecule has 0 saturated heterocycles. The second-order valence-corrected chi connectivity index (χ2v) is 9.29. The van der Waals surface area contributed by atoms with Gasteiger partial charge in [0.2, 0.25) is 5.91 Å². The summed E-state index contributed by atoms with van der Waals surface area (Å²) in [5.74, 6) is 5.91. The number of carboxylic acids is 1. The number of hydrogen-bond acceptors (Lipinski definition) is 4. The van der Waals surface area contributed by atoms with E-state index in [-0.39, 0.29) is 28.7 Å². The second-order valence-electron chi connectivity index (χ2n) is 8.24. The summed E-state index contributed by atoms with van der Waals surface area (Å²) in [4.78, 5) is 28.1. The molecule has 0 unspecified atom stereocenters. The van der Waals surface area contributed by atoms with E-state index in [9.17, 15) is 14.7 Å². The highest BCUT2D eigenvalue weighted by molar-refractivity contribution is 7.15. The van der Waals surface area contributed by atoms with Gasteiger partial charge >= 0.3 is 5.97 Å². The first-order valence-electron chi connectivity index (χ1n) is 10.5. The molecule has 29 heavy (non-hydrogen) atoms. The quantitative estimate of drug-likeness (QED) is 0.629. The Bertz CT molecular complexity index is 766. The largest absolute Gasteiger partial charge is 0.477 e. The maximum Gasteiger partial charge on any atom is 0.348 e. The van der Waals surface area contributed by atoms with Crippen molar-refractivity contribution in [2.75, 3.05) is 18.6 Å². The lowest BCUT2D eigenvalue weighted by atomic mass is 9.82. The van der Waals surface area contributed by atoms with Crippen molar-refractivity contribution in [3.8, 4) is 11.8 Å². The Balaban J connectivity index is 2.48. The summed E-state index contributed by atoms with van der Waals surface area (Å²) in [5.41, 5.74) is 0.461. The molecule has 160 valence electrons. The summed E-state index contributed by atoms with van der Waals surface area (Å²) in [7, 11) is 1.61. The van der Waals surface area contributed by atoms with Crippen LogP contribution in [-0.4, -0.2) is 36.7 Å². The van der Waals surface area contributed by atoms with Crippen LogP contribution in [0.25, 0.3) is 0 Å². The molecule has 0 radical (unpaired) electrons. The molecular formula is C23H33NO4S. The van der Waals surface area contributed by atoms with Gasteiger partial charge in [0.25, 0.3) is 0 Å². The van der Waals surface area contributed by atoms with Crippen LogP contribution in [0, 0.1) is 29.6 Å². The van der Waals surface area contributed by atoms with Crippen LogP contribution in [0.1, 0.15) is 74.3 Å². The van der Waals surface area contributed by atoms with Crippen molar-refractivity contribution in [1.29, 1.82) is 0 Å². The highest BCUT2D eigenvalue weighted by Gasteiger charge is 2.35. The van der Waals surface area contributed by atoms with E-state index in [1.54, 1.807) is 18.1 Å². The molecule has 6 heteroatoms. The van der Waals surface area contributed by atoms with Gasteiger partial charge in [-0.1, -0.05) is 39.5 Å². The van der Waals surface area contributed by atoms with Crippen LogP contribution < -0.4 is 4.90 Å². The smallest absolute Gasteiger partial charge is 0.348 e. The highest BCUT2D eigenvalue weighted by Crippen LogP contribution is 2.36. The van der Waals surface area contributed by atoms with Gasteiger partial charge in [-0.2, -0.15) is 0 Å². The van der Waals surface area contributed by atoms with E-state index in [0.717, 1.165) is 37.0 Å². The summed E-state index contributed by atoms with van der Waals surface area (Å²) in [5, 5.41) is 9.81. The first-order chi connectivity index (χ1) is 13.8. The third kappa shape index (κ3) is 6.07. The summed E-state index contributed by atoms with van der Waals surface area (Å²) in [6.07, 6.45) is 4.46. The molecule has 1 aliphatic carbocycles. The summed E-state index contributed by atoms with van der Waals surface area (Å²) >= 11 is 1.14. The standard InChI is InChI=1S/C23H33NO4S/c1-6-18(14-28-5)24(22(25)17-10-8-16(4)9-11-17)20-13-19(12-7-15(2)3)29-21(20)23(26)27/h13,15-18H,6,8-11,14H2,1-5H3,(H,26,27)/t16-,17+,18-/m0/s1. The maximum absolute atomic E-state index is 13.6. The first-order valence-corrected chi connectivity index (χ1v) is 11.3. The molecular weight excluding hydrogens is 386 g/mol. The number of ether oxygens (including phenoxy) is 1. The van der Waals surface area contributed by atoms with Crippen LogP contribution >= 0.6 is 11.3 Å². The summed E-state index contributed by atoms with van der Waals surface area (Å²) in [6, 6.07) is 1.57. The van der Waals surface area contributed by atoms with Gasteiger partial charge in [0.15, 0.2) is 0 Å². The van der Waals surface area contributed by atoms with Gasteiger partial charge in [0.05, 0.1) is 23.2 Å². The van der Waals surface area contributed by atoms with Crippen molar-refractivity contribution < 1.29 is 19.4 Å². The molecule has 1 saturated carbocycles. The van der Waals surface area contributed by atoms with E-state index < -0.39 is 5.97 Å². The third-order valence-corrected chi connectivity index (χ3v) is 6.48. The number of amides is 1. The summed E-state index contributed by atoms with van der Waals surface area (Å²) < 4.78 is 5.37. The summed E-state index contributed by atoms with van der Waals surface area (Å²) in [6.45, 7) is 8.57. The predicted octanol–water partition coefficient (Wildman–Crippen LogP) is 5.04. The number of thiophene rings is 1. The van der Waals surface area contributed by atoms with Crippen molar-refractivity contribution >= 4 is 28.9 Å². The average Bonchev–Trinajstić information content (AvgIpc) is 3.10. The van der Waals surface area contributed by atoms with Crippen LogP contribution in [0.5, 0.6) is 0 Å². The number of carbonyl (C=O) groups excluding carboxylic acids is 1. The van der Waals surface area contributed by atoms with E-state index in [0.29, 0.717) is 29.5 Å². The zero-order valence-electron chi connectivity index (χ0n) is 18.2. The number of rotatable bonds is 7. The molecule has 1 N–H and O–H groups in total. The van der Waals surface area contributed by atoms with E-state index in [4.69, 9.17) is 4.74 Å². The van der Waals surface area contributed by atoms with E-state index >= 15 is 0 Å². The van der Waals surface area contributed by atoms with Crippen molar-refractivity contribution in [2.24, 2.45) is 17.8 Å². The first kappa shape index (κ1) is 23.4. The number of methoxy groups -OCH3 is 1. The fraction of sp³-hybridized carbons (Fsp3) is 0.652. The van der Waals surface area contributed by atoms with Gasteiger partial charge in [0.1, 0.15) is 4.88 Å². The van der Waals surface area contributed by atoms with Crippen molar-refractivity contribution in [2.45, 2.75) is 65.8 Å². The lowest BCUT2D eigenvalue weighted by Gasteiger charge is -2.35. The molecule has 1 amide bonds. The lowest BCUT2D eigenvalue weighted by Crippen LogP contribution is -2.46. The average molecular weight is 420 g/mol. The molecule has 1 aromatic rings. The zero-order valence-corrected chi connectivity index (χ0v) is 19.0. The van der Waals surface area contributed by atoms with E-state index in [2.05, 4.69) is 18.8 Å². The Morgan fingerprint density at radius 1 is 1.31 bits per heavy atom. The molecule has 0 aromatic carbocycles. The maximum atomic E-state index is 13.6. The molecule has 0 bridgehead atoms. The van der Waals surface area contributed by atoms with Gasteiger partial charge in [-0.3, -0.25) is 4.79 Å². The minimum Gasteiger partial charge on any atom is -0.477 e. The fourth-order valence-corrected chi connectivity index (χ4v) is 4.61. The van der Waals surface area contributed by atoms with Crippen LogP contribution in [0.2, 0.25) is 0 Å². The number of carbonyl (C=O) groups is 2. The topological polar surface area (TPSA) is 66.8 Å². The van der Waals surface area contributed by atoms with Gasteiger partial charge in [0, 0.05) is 18.9 Å². The van der Waals surface area contributed by atoms with Crippen LogP contribution in [0.15, 0.2) is 6.07 Å². The molecule has 1 aliphatic rings. The fourth-order valence-electron chi connectivity index (χ4n) is 3.76. The number of aromatic carboxylic acids is 1. The SMILES string of the molecule is CC[C@@H](COC)N(c1cc(C#CC(C)C)sc1C(=O)O)C(=O)[C@H]1CC[C@@H](C)CC1. The van der Waals surface area contributed by atoms with Crippen LogP contribution in [0.3, 0.4) is 0 Å². The predicted molar refractivity (Wildman–Crippen MR) is 118 cm³/mol. The van der Waals surface area contributed by atoms with Crippen molar-refractivity contribution in [3.05, 3.63) is 15.8 Å². The Morgan fingerprint density at radius 3 is 2.48 bits per heavy atom. The van der Waals surface area contributed by atoms with Gasteiger partial charge in [-0.05, 0) is 44.1 Å². The number of nitrogens with zero attached hydrogens (tertiary/aromatic N) is 1. The Kier molecular flexibility index (Phi) is 8.73. The van der Waals surface area contributed by atoms with Gasteiger partial charge in [-0.15, -0.1) is 11.3 Å². The lowest BCUT2D eigenvalue weighted by molar-refractivity contribution is -0.124. The minimum absolute atomic E-state index is 0.0180. The third-order valence-electron chi connectivity index (χ3n) is 5.45. The molecule has 1 heterocycles. The van der Waals surface area contributed by atoms with Gasteiger partial charge in [-0.25, -0.2) is 4.79 Å². The van der Waals surface area contributed by atoms with E-state index in [1.807, 2.05) is 20.8 Å². The normalized spacial score (nSPS) is 20.1. The van der Waals surface area contributed by atoms with Crippen LogP contribution in [-0.2, 0) is 9.53 Å². The highest BCUT2D eigenvalue weighted by atomic mass is 32.1. The Hall–Kier alpha value is -1.84. The zero-order chi connectivity index (χ0) is 21.6. The van der Waals surface area contributed by atoms with Crippen molar-refractivity contribution in [1.82, 2.24) is 0 Å². The minimum atomic E-state index is -1.02. The van der Waals surface area contributed by atoms with Gasteiger partial charge < -0.3 is 14.7 Å². The monoisotopic (exact) mass is 419 g/mol. The number of anilines is 1. The molecule has 1 atom stereocenters. The Labute approximate surface area is 178 Å². The molecule has 1 aromatic heterocycles. The molecule has 0 aliphatic heterocycles. The van der Waals surface area contributed by atoms with E-state index in [1.165, 1.54) is 0 Å². The number of carboxylic acid groups (broad SMARTS) is 1. The van der Waals surface area contributed by atoms with Crippen molar-refractivity contribution in [3.63, 3.8) is 0 Å². The second kappa shape index (κ2) is 10.8.